The zero-order valence-corrected chi connectivity index (χ0v) is 13.4. The van der Waals surface area contributed by atoms with Crippen molar-refractivity contribution in [2.45, 2.75) is 13.3 Å². The zero-order chi connectivity index (χ0) is 17.4. The molecular formula is C19H20O5. The van der Waals surface area contributed by atoms with E-state index in [1.54, 1.807) is 6.07 Å². The summed E-state index contributed by atoms with van der Waals surface area (Å²) in [6.45, 7) is 2.75. The van der Waals surface area contributed by atoms with Crippen LogP contribution in [0.25, 0.3) is 6.08 Å². The summed E-state index contributed by atoms with van der Waals surface area (Å²) in [6, 6.07) is 11.9. The second-order valence-electron chi connectivity index (χ2n) is 5.04. The van der Waals surface area contributed by atoms with Crippen molar-refractivity contribution in [2.75, 3.05) is 13.2 Å². The number of ether oxygens (including phenoxy) is 2. The van der Waals surface area contributed by atoms with Gasteiger partial charge in [0.1, 0.15) is 5.75 Å². The molecule has 0 aliphatic carbocycles. The normalized spacial score (nSPS) is 10.7. The molecule has 2 aromatic rings. The molecule has 0 radical (unpaired) electrons. The largest absolute Gasteiger partial charge is 0.504 e. The highest BCUT2D eigenvalue weighted by Crippen LogP contribution is 2.25. The lowest BCUT2D eigenvalue weighted by atomic mass is 10.1. The molecule has 0 heterocycles. The number of carbonyl (C=O) groups is 1. The Morgan fingerprint density at radius 3 is 2.67 bits per heavy atom. The summed E-state index contributed by atoms with van der Waals surface area (Å²) >= 11 is 0. The lowest BCUT2D eigenvalue weighted by Gasteiger charge is -2.09. The predicted octanol–water partition coefficient (Wildman–Crippen LogP) is 3.30. The van der Waals surface area contributed by atoms with E-state index in [1.165, 1.54) is 24.3 Å². The highest BCUT2D eigenvalue weighted by molar-refractivity contribution is 5.87. The second kappa shape index (κ2) is 8.62. The first-order valence-electron chi connectivity index (χ1n) is 7.67. The average molecular weight is 328 g/mol. The van der Waals surface area contributed by atoms with Crippen molar-refractivity contribution in [1.29, 1.82) is 0 Å². The van der Waals surface area contributed by atoms with Gasteiger partial charge in [0.15, 0.2) is 11.5 Å². The fourth-order valence-corrected chi connectivity index (χ4v) is 2.12. The summed E-state index contributed by atoms with van der Waals surface area (Å²) in [4.78, 5) is 11.7. The third kappa shape index (κ3) is 5.05. The Kier molecular flexibility index (Phi) is 6.25. The van der Waals surface area contributed by atoms with Gasteiger partial charge in [-0.3, -0.25) is 0 Å². The first kappa shape index (κ1) is 17.4. The van der Waals surface area contributed by atoms with E-state index in [2.05, 4.69) is 0 Å². The van der Waals surface area contributed by atoms with E-state index in [4.69, 9.17) is 9.47 Å². The molecule has 2 aromatic carbocycles. The molecule has 2 rings (SSSR count). The predicted molar refractivity (Wildman–Crippen MR) is 91.1 cm³/mol. The molecule has 126 valence electrons. The first-order valence-corrected chi connectivity index (χ1v) is 7.67. The molecular weight excluding hydrogens is 308 g/mol. The van der Waals surface area contributed by atoms with Crippen molar-refractivity contribution >= 4 is 12.0 Å². The van der Waals surface area contributed by atoms with Crippen LogP contribution in [0.1, 0.15) is 18.1 Å². The van der Waals surface area contributed by atoms with Gasteiger partial charge in [0, 0.05) is 12.5 Å². The molecule has 0 spiro atoms. The number of hydrogen-bond donors (Lipinski definition) is 2. The molecule has 24 heavy (non-hydrogen) atoms. The molecule has 2 N–H and O–H groups in total. The Hall–Kier alpha value is -2.95. The topological polar surface area (TPSA) is 76.0 Å². The van der Waals surface area contributed by atoms with Crippen molar-refractivity contribution in [1.82, 2.24) is 0 Å². The van der Waals surface area contributed by atoms with Gasteiger partial charge in [-0.15, -0.1) is 0 Å². The number of esters is 1. The molecule has 0 atom stereocenters. The molecule has 0 saturated carbocycles. The number of carbonyl (C=O) groups excluding carboxylic acids is 1. The van der Waals surface area contributed by atoms with Gasteiger partial charge in [-0.25, -0.2) is 4.79 Å². The van der Waals surface area contributed by atoms with Gasteiger partial charge >= 0.3 is 5.97 Å². The Morgan fingerprint density at radius 2 is 1.92 bits per heavy atom. The molecule has 0 saturated heterocycles. The van der Waals surface area contributed by atoms with Crippen molar-refractivity contribution in [2.24, 2.45) is 0 Å². The van der Waals surface area contributed by atoms with E-state index in [1.807, 2.05) is 31.2 Å². The summed E-state index contributed by atoms with van der Waals surface area (Å²) in [7, 11) is 0. The number of hydrogen-bond acceptors (Lipinski definition) is 5. The van der Waals surface area contributed by atoms with Crippen molar-refractivity contribution in [3.05, 3.63) is 59.7 Å². The molecule has 5 heteroatoms. The second-order valence-corrected chi connectivity index (χ2v) is 5.04. The maximum atomic E-state index is 11.7. The zero-order valence-electron chi connectivity index (χ0n) is 13.4. The van der Waals surface area contributed by atoms with E-state index in [0.29, 0.717) is 18.6 Å². The van der Waals surface area contributed by atoms with Crippen LogP contribution in [0.3, 0.4) is 0 Å². The van der Waals surface area contributed by atoms with Gasteiger partial charge in [0.05, 0.1) is 13.2 Å². The molecule has 0 aliphatic rings. The SMILES string of the molecule is CCOc1ccccc1CCOC(=O)/C=C/c1ccc(O)c(O)c1. The van der Waals surface area contributed by atoms with Gasteiger partial charge in [-0.05, 0) is 42.3 Å². The van der Waals surface area contributed by atoms with Gasteiger partial charge in [0.25, 0.3) is 0 Å². The first-order chi connectivity index (χ1) is 11.6. The van der Waals surface area contributed by atoms with E-state index in [-0.39, 0.29) is 18.1 Å². The monoisotopic (exact) mass is 328 g/mol. The van der Waals surface area contributed by atoms with Crippen LogP contribution >= 0.6 is 0 Å². The Balaban J connectivity index is 1.85. The van der Waals surface area contributed by atoms with Gasteiger partial charge in [-0.1, -0.05) is 24.3 Å². The van der Waals surface area contributed by atoms with Crippen molar-refractivity contribution < 1.29 is 24.5 Å². The lowest BCUT2D eigenvalue weighted by Crippen LogP contribution is -2.06. The van der Waals surface area contributed by atoms with Crippen LogP contribution in [0.2, 0.25) is 0 Å². The maximum Gasteiger partial charge on any atom is 0.330 e. The Labute approximate surface area is 140 Å². The number of phenolic OH excluding ortho intramolecular Hbond substituents is 2. The summed E-state index contributed by atoms with van der Waals surface area (Å²) < 4.78 is 10.7. The quantitative estimate of drug-likeness (QED) is 0.463. The number of benzene rings is 2. The van der Waals surface area contributed by atoms with E-state index in [0.717, 1.165) is 11.3 Å². The summed E-state index contributed by atoms with van der Waals surface area (Å²) in [5, 5.41) is 18.6. The lowest BCUT2D eigenvalue weighted by molar-refractivity contribution is -0.137. The van der Waals surface area contributed by atoms with Crippen LogP contribution in [0.15, 0.2) is 48.5 Å². The van der Waals surface area contributed by atoms with Crippen LogP contribution in [0, 0.1) is 0 Å². The average Bonchev–Trinajstić information content (AvgIpc) is 2.58. The highest BCUT2D eigenvalue weighted by atomic mass is 16.5. The molecule has 0 bridgehead atoms. The fourth-order valence-electron chi connectivity index (χ4n) is 2.12. The van der Waals surface area contributed by atoms with Crippen molar-refractivity contribution in [3.63, 3.8) is 0 Å². The number of aromatic hydroxyl groups is 2. The van der Waals surface area contributed by atoms with Gasteiger partial charge in [0.2, 0.25) is 0 Å². The molecule has 5 nitrogen and oxygen atoms in total. The minimum atomic E-state index is -0.476. The Morgan fingerprint density at radius 1 is 1.12 bits per heavy atom. The van der Waals surface area contributed by atoms with E-state index in [9.17, 15) is 15.0 Å². The summed E-state index contributed by atoms with van der Waals surface area (Å²) in [5.41, 5.74) is 1.57. The Bertz CT molecular complexity index is 721. The van der Waals surface area contributed by atoms with Crippen molar-refractivity contribution in [3.8, 4) is 17.2 Å². The standard InChI is InChI=1S/C19H20O5/c1-2-23-18-6-4-3-5-15(18)11-12-24-19(22)10-8-14-7-9-16(20)17(21)13-14/h3-10,13,20-21H,2,11-12H2,1H3/b10-8+. The number of phenols is 2. The molecule has 0 unspecified atom stereocenters. The number of rotatable bonds is 7. The van der Waals surface area contributed by atoms with E-state index >= 15 is 0 Å². The van der Waals surface area contributed by atoms with Gasteiger partial charge < -0.3 is 19.7 Å². The molecule has 0 fully saturated rings. The third-order valence-electron chi connectivity index (χ3n) is 3.30. The van der Waals surface area contributed by atoms with Crippen LogP contribution < -0.4 is 4.74 Å². The van der Waals surface area contributed by atoms with Crippen LogP contribution in [0.4, 0.5) is 0 Å². The molecule has 0 amide bonds. The van der Waals surface area contributed by atoms with Crippen LogP contribution in [-0.2, 0) is 16.0 Å². The minimum Gasteiger partial charge on any atom is -0.504 e. The molecule has 0 aromatic heterocycles. The highest BCUT2D eigenvalue weighted by Gasteiger charge is 2.04. The fraction of sp³-hybridized carbons (Fsp3) is 0.211. The minimum absolute atomic E-state index is 0.206. The number of para-hydroxylation sites is 1. The van der Waals surface area contributed by atoms with Gasteiger partial charge in [-0.2, -0.15) is 0 Å². The van der Waals surface area contributed by atoms with E-state index < -0.39 is 5.97 Å². The van der Waals surface area contributed by atoms with Crippen LogP contribution in [-0.4, -0.2) is 29.4 Å². The summed E-state index contributed by atoms with van der Waals surface area (Å²) in [5.74, 6) is -0.122. The van der Waals surface area contributed by atoms with Crippen LogP contribution in [0.5, 0.6) is 17.2 Å². The smallest absolute Gasteiger partial charge is 0.330 e. The third-order valence-corrected chi connectivity index (χ3v) is 3.30. The summed E-state index contributed by atoms with van der Waals surface area (Å²) in [6.07, 6.45) is 3.35. The maximum absolute atomic E-state index is 11.7. The molecule has 0 aliphatic heterocycles.